The molecule has 3 amide bonds. The van der Waals surface area contributed by atoms with E-state index < -0.39 is 22.4 Å². The fourth-order valence-corrected chi connectivity index (χ4v) is 5.02. The predicted octanol–water partition coefficient (Wildman–Crippen LogP) is 5.61. The normalized spacial score (nSPS) is 17.1. The lowest BCUT2D eigenvalue weighted by Crippen LogP contribution is -2.49. The smallest absolute Gasteiger partial charge is 0.382 e. The summed E-state index contributed by atoms with van der Waals surface area (Å²) in [5.41, 5.74) is -2.09. The van der Waals surface area contributed by atoms with Gasteiger partial charge in [0.1, 0.15) is 5.56 Å². The Morgan fingerprint density at radius 3 is 2.26 bits per heavy atom. The van der Waals surface area contributed by atoms with Gasteiger partial charge in [0, 0.05) is 64.0 Å². The summed E-state index contributed by atoms with van der Waals surface area (Å²) in [5, 5.41) is 14.0. The predicted molar refractivity (Wildman–Crippen MR) is 140 cm³/mol. The molecule has 2 aliphatic heterocycles. The molecule has 0 radical (unpaired) electrons. The minimum Gasteiger partial charge on any atom is -0.382 e. The highest BCUT2D eigenvalue weighted by Gasteiger charge is 2.38. The summed E-state index contributed by atoms with van der Waals surface area (Å²) in [6.07, 6.45) is 0.516. The van der Waals surface area contributed by atoms with Crippen molar-refractivity contribution >= 4 is 23.3 Å². The van der Waals surface area contributed by atoms with E-state index in [0.717, 1.165) is 50.9 Å². The van der Waals surface area contributed by atoms with E-state index >= 15 is 0 Å². The summed E-state index contributed by atoms with van der Waals surface area (Å²) in [5.74, 6) is 0.554. The Morgan fingerprint density at radius 1 is 1.11 bits per heavy atom. The summed E-state index contributed by atoms with van der Waals surface area (Å²) in [6.45, 7) is 5.07. The van der Waals surface area contributed by atoms with Crippen molar-refractivity contribution in [3.8, 4) is 0 Å². The second-order valence-corrected chi connectivity index (χ2v) is 9.98. The maximum atomic E-state index is 13.3. The summed E-state index contributed by atoms with van der Waals surface area (Å²) in [6, 6.07) is 2.69. The van der Waals surface area contributed by atoms with Gasteiger partial charge in [-0.2, -0.15) is 13.2 Å². The number of nitro benzene ring substituents is 1. The van der Waals surface area contributed by atoms with E-state index in [-0.39, 0.29) is 31.1 Å². The average molecular weight is 544 g/mol. The molecule has 3 rings (SSSR count). The zero-order chi connectivity index (χ0) is 27.2. The minimum atomic E-state index is -4.83. The van der Waals surface area contributed by atoms with Crippen molar-refractivity contribution in [2.45, 2.75) is 71.5 Å². The Kier molecular flexibility index (Phi) is 11.2. The van der Waals surface area contributed by atoms with Crippen LogP contribution >= 0.6 is 0 Å². The molecule has 2 heterocycles. The molecule has 0 saturated carbocycles. The number of unbranched alkanes of at least 4 members (excludes halogenated alkanes) is 1. The van der Waals surface area contributed by atoms with Crippen LogP contribution in [0.25, 0.3) is 0 Å². The van der Waals surface area contributed by atoms with Crippen LogP contribution in [0.15, 0.2) is 18.2 Å². The van der Waals surface area contributed by atoms with Crippen molar-refractivity contribution in [3.63, 3.8) is 0 Å². The summed E-state index contributed by atoms with van der Waals surface area (Å²) >= 11 is 0. The second kappa shape index (κ2) is 13.7. The largest absolute Gasteiger partial charge is 0.423 e. The van der Waals surface area contributed by atoms with E-state index in [4.69, 9.17) is 0 Å². The molecule has 214 valence electrons. The van der Waals surface area contributed by atoms with Crippen LogP contribution in [-0.2, 0) is 11.0 Å². The molecule has 1 aromatic rings. The van der Waals surface area contributed by atoms with Gasteiger partial charge in [-0.15, -0.1) is 0 Å². The Bertz CT molecular complexity index is 959. The number of anilines is 1. The van der Waals surface area contributed by atoms with Gasteiger partial charge < -0.3 is 20.0 Å². The molecule has 12 heteroatoms. The van der Waals surface area contributed by atoms with Crippen molar-refractivity contribution in [1.29, 1.82) is 0 Å². The maximum absolute atomic E-state index is 13.3. The quantitative estimate of drug-likeness (QED) is 0.340. The molecule has 2 saturated heterocycles. The summed E-state index contributed by atoms with van der Waals surface area (Å²) in [4.78, 5) is 40.5. The van der Waals surface area contributed by atoms with Crippen molar-refractivity contribution in [2.24, 2.45) is 5.92 Å². The topological polar surface area (TPSA) is 99.0 Å². The van der Waals surface area contributed by atoms with Crippen LogP contribution in [0.3, 0.4) is 0 Å². The first kappa shape index (κ1) is 31.2. The number of rotatable bonds is 8. The van der Waals surface area contributed by atoms with Gasteiger partial charge in [0.25, 0.3) is 5.69 Å². The first-order chi connectivity index (χ1) is 17.5. The number of nitro groups is 1. The SMILES string of the molecule is C.CCCCC(=O)N1CCC(CN(C)C(=O)N2CCC(Nc3ccc([N+](=O)[O-])c(C(F)(F)F)c3)CC2)CC1. The van der Waals surface area contributed by atoms with Gasteiger partial charge in [0.2, 0.25) is 5.91 Å². The molecular formula is C26H40F3N5O4. The van der Waals surface area contributed by atoms with Crippen LogP contribution in [-0.4, -0.2) is 77.4 Å². The number of amides is 3. The highest BCUT2D eigenvalue weighted by molar-refractivity contribution is 5.76. The number of benzene rings is 1. The molecule has 2 aliphatic rings. The number of urea groups is 1. The maximum Gasteiger partial charge on any atom is 0.423 e. The minimum absolute atomic E-state index is 0. The van der Waals surface area contributed by atoms with Crippen molar-refractivity contribution < 1.29 is 27.7 Å². The molecule has 0 aromatic heterocycles. The molecule has 38 heavy (non-hydrogen) atoms. The lowest BCUT2D eigenvalue weighted by molar-refractivity contribution is -0.388. The van der Waals surface area contributed by atoms with Crippen LogP contribution < -0.4 is 5.32 Å². The van der Waals surface area contributed by atoms with E-state index in [9.17, 15) is 32.9 Å². The number of alkyl halides is 3. The van der Waals surface area contributed by atoms with E-state index in [1.807, 2.05) is 4.90 Å². The van der Waals surface area contributed by atoms with Gasteiger partial charge in [0.05, 0.1) is 4.92 Å². The highest BCUT2D eigenvalue weighted by atomic mass is 19.4. The monoisotopic (exact) mass is 543 g/mol. The van der Waals surface area contributed by atoms with Gasteiger partial charge in [-0.05, 0) is 50.2 Å². The Balaban J connectivity index is 0.00000507. The third-order valence-corrected chi connectivity index (χ3v) is 7.20. The second-order valence-electron chi connectivity index (χ2n) is 9.98. The molecule has 1 aromatic carbocycles. The number of nitrogens with one attached hydrogen (secondary N) is 1. The number of halogens is 3. The van der Waals surface area contributed by atoms with Gasteiger partial charge in [-0.25, -0.2) is 4.79 Å². The molecule has 2 fully saturated rings. The van der Waals surface area contributed by atoms with Crippen molar-refractivity contribution in [2.75, 3.05) is 45.1 Å². The molecular weight excluding hydrogens is 503 g/mol. The van der Waals surface area contributed by atoms with Crippen LogP contribution in [0.1, 0.15) is 64.9 Å². The molecule has 0 unspecified atom stereocenters. The molecule has 0 atom stereocenters. The van der Waals surface area contributed by atoms with E-state index in [1.165, 1.54) is 6.07 Å². The number of hydrogen-bond acceptors (Lipinski definition) is 5. The number of nitrogens with zero attached hydrogens (tertiary/aromatic N) is 4. The Morgan fingerprint density at radius 2 is 1.71 bits per heavy atom. The van der Waals surface area contributed by atoms with Crippen LogP contribution in [0.2, 0.25) is 0 Å². The molecule has 1 N–H and O–H groups in total. The van der Waals surface area contributed by atoms with Gasteiger partial charge in [-0.1, -0.05) is 20.8 Å². The van der Waals surface area contributed by atoms with Gasteiger partial charge >= 0.3 is 12.2 Å². The van der Waals surface area contributed by atoms with Crippen molar-refractivity contribution in [3.05, 3.63) is 33.9 Å². The number of hydrogen-bond donors (Lipinski definition) is 1. The first-order valence-corrected chi connectivity index (χ1v) is 12.9. The Labute approximate surface area is 222 Å². The van der Waals surface area contributed by atoms with Crippen LogP contribution in [0, 0.1) is 16.0 Å². The molecule has 9 nitrogen and oxygen atoms in total. The third kappa shape index (κ3) is 8.22. The zero-order valence-electron chi connectivity index (χ0n) is 21.4. The number of likely N-dealkylation sites (tertiary alicyclic amines) is 2. The van der Waals surface area contributed by atoms with E-state index in [2.05, 4.69) is 12.2 Å². The fraction of sp³-hybridized carbons (Fsp3) is 0.692. The standard InChI is InChI=1S/C25H36F3N5O4.CH4/c1-3-4-5-23(34)31-12-8-18(9-13-31)17-30(2)24(35)32-14-10-19(11-15-32)29-20-6-7-22(33(36)37)21(16-20)25(26,27)28;/h6-7,16,18-19,29H,3-5,8-15,17H2,1-2H3;1H4. The molecule has 0 bridgehead atoms. The first-order valence-electron chi connectivity index (χ1n) is 12.9. The lowest BCUT2D eigenvalue weighted by Gasteiger charge is -2.37. The van der Waals surface area contributed by atoms with E-state index in [0.29, 0.717) is 44.8 Å². The van der Waals surface area contributed by atoms with E-state index in [1.54, 1.807) is 16.8 Å². The van der Waals surface area contributed by atoms with Gasteiger partial charge in [0.15, 0.2) is 0 Å². The average Bonchev–Trinajstić information content (AvgIpc) is 2.87. The lowest BCUT2D eigenvalue weighted by atomic mass is 9.96. The zero-order valence-corrected chi connectivity index (χ0v) is 21.4. The third-order valence-electron chi connectivity index (χ3n) is 7.20. The fourth-order valence-electron chi connectivity index (χ4n) is 5.02. The molecule has 0 aliphatic carbocycles. The highest BCUT2D eigenvalue weighted by Crippen LogP contribution is 2.38. The van der Waals surface area contributed by atoms with Crippen molar-refractivity contribution in [1.82, 2.24) is 14.7 Å². The molecule has 0 spiro atoms. The summed E-state index contributed by atoms with van der Waals surface area (Å²) < 4.78 is 39.8. The number of carbonyl (C=O) groups is 2. The Hall–Kier alpha value is -3.05. The van der Waals surface area contributed by atoms with Crippen LogP contribution in [0.4, 0.5) is 29.3 Å². The van der Waals surface area contributed by atoms with Gasteiger partial charge in [-0.3, -0.25) is 14.9 Å². The number of carbonyl (C=O) groups excluding carboxylic acids is 2. The summed E-state index contributed by atoms with van der Waals surface area (Å²) in [7, 11) is 1.78. The number of piperidine rings is 2. The van der Waals surface area contributed by atoms with Crippen LogP contribution in [0.5, 0.6) is 0 Å².